The van der Waals surface area contributed by atoms with Gasteiger partial charge in [-0.25, -0.2) is 9.78 Å². The molecule has 0 aliphatic heterocycles. The summed E-state index contributed by atoms with van der Waals surface area (Å²) in [5.74, 6) is -1.40. The van der Waals surface area contributed by atoms with Gasteiger partial charge in [0.15, 0.2) is 0 Å². The number of hydrogen-bond acceptors (Lipinski definition) is 5. The number of nitrogens with one attached hydrogen (secondary N) is 1. The maximum Gasteiger partial charge on any atom is 0.330 e. The first kappa shape index (κ1) is 17.9. The molecule has 1 aromatic heterocycles. The third-order valence-electron chi connectivity index (χ3n) is 4.70. The van der Waals surface area contributed by atoms with Crippen LogP contribution >= 0.6 is 11.3 Å². The first-order valence-electron chi connectivity index (χ1n) is 7.90. The molecule has 23 heavy (non-hydrogen) atoms. The molecule has 0 bridgehead atoms. The summed E-state index contributed by atoms with van der Waals surface area (Å²) < 4.78 is 5.60. The molecule has 1 fully saturated rings. The first-order chi connectivity index (χ1) is 10.8. The Kier molecular flexibility index (Phi) is 5.10. The maximum absolute atomic E-state index is 12.5. The number of nitrogens with zero attached hydrogens (tertiary/aromatic N) is 1. The summed E-state index contributed by atoms with van der Waals surface area (Å²) in [5.41, 5.74) is -1.99. The smallest absolute Gasteiger partial charge is 0.330 e. The Labute approximate surface area is 140 Å². The summed E-state index contributed by atoms with van der Waals surface area (Å²) in [7, 11) is 0. The minimum absolute atomic E-state index is 0.180. The molecule has 7 heteroatoms. The van der Waals surface area contributed by atoms with Gasteiger partial charge < -0.3 is 15.2 Å². The van der Waals surface area contributed by atoms with E-state index in [9.17, 15) is 14.7 Å². The molecule has 1 aliphatic carbocycles. The molecule has 2 N–H and O–H groups in total. The second-order valence-corrected chi connectivity index (χ2v) is 7.52. The van der Waals surface area contributed by atoms with Crippen molar-refractivity contribution in [1.29, 1.82) is 0 Å². The number of thiazole rings is 1. The highest BCUT2D eigenvalue weighted by Gasteiger charge is 2.66. The van der Waals surface area contributed by atoms with Gasteiger partial charge in [-0.3, -0.25) is 4.79 Å². The van der Waals surface area contributed by atoms with Gasteiger partial charge in [0.05, 0.1) is 17.3 Å². The molecule has 1 aromatic rings. The van der Waals surface area contributed by atoms with Crippen molar-refractivity contribution >= 4 is 23.2 Å². The minimum Gasteiger partial charge on any atom is -0.479 e. The average molecular weight is 340 g/mol. The molecule has 1 aliphatic rings. The molecule has 0 radical (unpaired) electrons. The van der Waals surface area contributed by atoms with Crippen molar-refractivity contribution in [2.75, 3.05) is 6.61 Å². The molecule has 1 amide bonds. The molecule has 6 nitrogen and oxygen atoms in total. The van der Waals surface area contributed by atoms with Crippen LogP contribution in [0.3, 0.4) is 0 Å². The van der Waals surface area contributed by atoms with Crippen molar-refractivity contribution in [3.05, 3.63) is 16.1 Å². The van der Waals surface area contributed by atoms with Crippen LogP contribution in [0.15, 0.2) is 6.20 Å². The molecular formula is C16H24N2O4S. The van der Waals surface area contributed by atoms with E-state index in [4.69, 9.17) is 4.74 Å². The predicted molar refractivity (Wildman–Crippen MR) is 87.8 cm³/mol. The van der Waals surface area contributed by atoms with Gasteiger partial charge in [0.2, 0.25) is 0 Å². The van der Waals surface area contributed by atoms with E-state index in [1.165, 1.54) is 17.5 Å². The summed E-state index contributed by atoms with van der Waals surface area (Å²) in [5, 5.41) is 13.3. The van der Waals surface area contributed by atoms with Gasteiger partial charge in [0, 0.05) is 18.4 Å². The monoisotopic (exact) mass is 340 g/mol. The summed E-state index contributed by atoms with van der Waals surface area (Å²) in [6.07, 6.45) is 3.39. The highest BCUT2D eigenvalue weighted by molar-refractivity contribution is 7.13. The number of rotatable bonds is 7. The molecule has 0 saturated heterocycles. The quantitative estimate of drug-likeness (QED) is 0.796. The van der Waals surface area contributed by atoms with E-state index >= 15 is 0 Å². The van der Waals surface area contributed by atoms with E-state index in [0.29, 0.717) is 11.5 Å². The lowest BCUT2D eigenvalue weighted by molar-refractivity contribution is -0.190. The molecule has 0 spiro atoms. The number of aromatic nitrogens is 1. The van der Waals surface area contributed by atoms with Crippen LogP contribution in [0.25, 0.3) is 0 Å². The van der Waals surface area contributed by atoms with Gasteiger partial charge in [-0.1, -0.05) is 20.8 Å². The van der Waals surface area contributed by atoms with E-state index in [0.717, 1.165) is 17.8 Å². The van der Waals surface area contributed by atoms with Crippen LogP contribution in [0.2, 0.25) is 0 Å². The van der Waals surface area contributed by atoms with Crippen molar-refractivity contribution in [2.45, 2.75) is 58.6 Å². The van der Waals surface area contributed by atoms with Gasteiger partial charge in [-0.2, -0.15) is 0 Å². The SMILES string of the molecule is CCCc1ncc(C(=O)NC2(C(=O)O)CC(OCC)C2(C)C)s1. The van der Waals surface area contributed by atoms with Crippen LogP contribution in [0.4, 0.5) is 0 Å². The second kappa shape index (κ2) is 6.57. The number of ether oxygens (including phenoxy) is 1. The fourth-order valence-corrected chi connectivity index (χ4v) is 3.95. The normalized spacial score (nSPS) is 25.7. The van der Waals surface area contributed by atoms with Gasteiger partial charge in [0.1, 0.15) is 10.4 Å². The number of carboxylic acid groups (broad SMARTS) is 1. The highest BCUT2D eigenvalue weighted by Crippen LogP contribution is 2.51. The molecule has 1 saturated carbocycles. The largest absolute Gasteiger partial charge is 0.479 e. The summed E-state index contributed by atoms with van der Waals surface area (Å²) in [4.78, 5) is 29.0. The van der Waals surface area contributed by atoms with E-state index < -0.39 is 16.9 Å². The number of carbonyl (C=O) groups is 2. The van der Waals surface area contributed by atoms with E-state index in [1.54, 1.807) is 0 Å². The van der Waals surface area contributed by atoms with Crippen molar-refractivity contribution in [2.24, 2.45) is 5.41 Å². The van der Waals surface area contributed by atoms with Crippen LogP contribution in [-0.2, 0) is 16.0 Å². The third-order valence-corrected chi connectivity index (χ3v) is 5.75. The van der Waals surface area contributed by atoms with Gasteiger partial charge in [-0.15, -0.1) is 11.3 Å². The molecule has 128 valence electrons. The highest BCUT2D eigenvalue weighted by atomic mass is 32.1. The first-order valence-corrected chi connectivity index (χ1v) is 8.72. The number of carboxylic acids is 1. The lowest BCUT2D eigenvalue weighted by Gasteiger charge is -2.58. The number of aryl methyl sites for hydroxylation is 1. The Morgan fingerprint density at radius 2 is 2.17 bits per heavy atom. The van der Waals surface area contributed by atoms with Crippen molar-refractivity contribution in [1.82, 2.24) is 10.3 Å². The van der Waals surface area contributed by atoms with Crippen molar-refractivity contribution in [3.8, 4) is 0 Å². The summed E-state index contributed by atoms with van der Waals surface area (Å²) in [6.45, 7) is 8.08. The number of amides is 1. The van der Waals surface area contributed by atoms with E-state index in [2.05, 4.69) is 10.3 Å². The predicted octanol–water partition coefficient (Wildman–Crippen LogP) is 2.48. The molecular weight excluding hydrogens is 316 g/mol. The lowest BCUT2D eigenvalue weighted by Crippen LogP contribution is -2.76. The average Bonchev–Trinajstić information content (AvgIpc) is 2.94. The third kappa shape index (κ3) is 2.99. The second-order valence-electron chi connectivity index (χ2n) is 6.40. The Hall–Kier alpha value is -1.47. The molecule has 0 aromatic carbocycles. The van der Waals surface area contributed by atoms with E-state index in [1.807, 2.05) is 27.7 Å². The maximum atomic E-state index is 12.5. The van der Waals surface area contributed by atoms with Gasteiger partial charge >= 0.3 is 5.97 Å². The summed E-state index contributed by atoms with van der Waals surface area (Å²) >= 11 is 1.32. The van der Waals surface area contributed by atoms with Crippen LogP contribution in [0.5, 0.6) is 0 Å². The molecule has 2 atom stereocenters. The fourth-order valence-electron chi connectivity index (χ4n) is 3.04. The number of hydrogen-bond donors (Lipinski definition) is 2. The Morgan fingerprint density at radius 3 is 2.70 bits per heavy atom. The van der Waals surface area contributed by atoms with Crippen molar-refractivity contribution in [3.63, 3.8) is 0 Å². The van der Waals surface area contributed by atoms with Crippen LogP contribution in [0, 0.1) is 5.41 Å². The van der Waals surface area contributed by atoms with Crippen LogP contribution < -0.4 is 5.32 Å². The van der Waals surface area contributed by atoms with E-state index in [-0.39, 0.29) is 18.4 Å². The lowest BCUT2D eigenvalue weighted by atomic mass is 9.54. The fraction of sp³-hybridized carbons (Fsp3) is 0.688. The van der Waals surface area contributed by atoms with Gasteiger partial charge in [-0.05, 0) is 19.8 Å². The van der Waals surface area contributed by atoms with Crippen LogP contribution in [0.1, 0.15) is 55.2 Å². The number of carbonyl (C=O) groups excluding carboxylic acids is 1. The number of aliphatic carboxylic acids is 1. The summed E-state index contributed by atoms with van der Waals surface area (Å²) in [6, 6.07) is 0. The Morgan fingerprint density at radius 1 is 1.48 bits per heavy atom. The van der Waals surface area contributed by atoms with Gasteiger partial charge in [0.25, 0.3) is 5.91 Å². The Balaban J connectivity index is 2.17. The minimum atomic E-state index is -1.31. The standard InChI is InChI=1S/C16H24N2O4S/c1-5-7-12-17-9-10(23-12)13(19)18-16(14(20)21)8-11(22-6-2)15(16,3)4/h9,11H,5-8H2,1-4H3,(H,18,19)(H,20,21). The Bertz CT molecular complexity index is 599. The molecule has 1 heterocycles. The zero-order valence-electron chi connectivity index (χ0n) is 14.0. The molecule has 2 unspecified atom stereocenters. The topological polar surface area (TPSA) is 88.5 Å². The zero-order chi connectivity index (χ0) is 17.3. The molecule has 2 rings (SSSR count). The van der Waals surface area contributed by atoms with Crippen LogP contribution in [-0.4, -0.2) is 40.2 Å². The van der Waals surface area contributed by atoms with Crippen molar-refractivity contribution < 1.29 is 19.4 Å². The zero-order valence-corrected chi connectivity index (χ0v) is 14.8.